The fraction of sp³-hybridized carbons (Fsp3) is 0.357. The first-order valence-corrected chi connectivity index (χ1v) is 6.41. The highest BCUT2D eigenvalue weighted by Gasteiger charge is 2.41. The van der Waals surface area contributed by atoms with Crippen LogP contribution in [0.2, 0.25) is 5.02 Å². The van der Waals surface area contributed by atoms with E-state index < -0.39 is 5.41 Å². The van der Waals surface area contributed by atoms with E-state index in [4.69, 9.17) is 16.9 Å². The van der Waals surface area contributed by atoms with E-state index in [1.54, 1.807) is 12.1 Å². The van der Waals surface area contributed by atoms with E-state index in [0.29, 0.717) is 29.1 Å². The minimum Gasteiger partial charge on any atom is -0.323 e. The van der Waals surface area contributed by atoms with Crippen molar-refractivity contribution in [1.82, 2.24) is 0 Å². The number of nitriles is 2. The maximum Gasteiger partial charge on any atom is 0.244 e. The molecule has 5 heteroatoms. The smallest absolute Gasteiger partial charge is 0.244 e. The van der Waals surface area contributed by atoms with Crippen molar-refractivity contribution in [3.05, 3.63) is 28.8 Å². The quantitative estimate of drug-likeness (QED) is 0.898. The summed E-state index contributed by atoms with van der Waals surface area (Å²) in [6.45, 7) is 0. The molecule has 19 heavy (non-hydrogen) atoms. The first kappa shape index (κ1) is 13.4. The van der Waals surface area contributed by atoms with Crippen molar-refractivity contribution in [3.8, 4) is 12.1 Å². The summed E-state index contributed by atoms with van der Waals surface area (Å²) < 4.78 is 0. The summed E-state index contributed by atoms with van der Waals surface area (Å²) in [7, 11) is 0. The molecule has 1 saturated carbocycles. The molecule has 0 aromatic heterocycles. The molecule has 0 radical (unpaired) electrons. The Labute approximate surface area is 116 Å². The molecule has 1 N–H and O–H groups in total. The molecule has 0 saturated heterocycles. The number of carbonyl (C=O) groups is 1. The fourth-order valence-electron chi connectivity index (χ4n) is 2.33. The zero-order valence-electron chi connectivity index (χ0n) is 10.2. The third-order valence-corrected chi connectivity index (χ3v) is 3.69. The molecule has 0 aliphatic heterocycles. The lowest BCUT2D eigenvalue weighted by Crippen LogP contribution is -2.32. The number of nitrogens with zero attached hydrogens (tertiary/aromatic N) is 2. The minimum atomic E-state index is -0.963. The van der Waals surface area contributed by atoms with Gasteiger partial charge >= 0.3 is 0 Å². The fourth-order valence-corrected chi connectivity index (χ4v) is 2.50. The predicted molar refractivity (Wildman–Crippen MR) is 71.3 cm³/mol. The Morgan fingerprint density at radius 1 is 1.32 bits per heavy atom. The van der Waals surface area contributed by atoms with Gasteiger partial charge in [0.2, 0.25) is 5.91 Å². The minimum absolute atomic E-state index is 0.337. The number of benzene rings is 1. The van der Waals surface area contributed by atoms with E-state index in [1.807, 2.05) is 6.07 Å². The van der Waals surface area contributed by atoms with Crippen LogP contribution in [0.3, 0.4) is 0 Å². The first-order chi connectivity index (χ1) is 9.11. The van der Waals surface area contributed by atoms with Crippen molar-refractivity contribution in [2.24, 2.45) is 5.41 Å². The summed E-state index contributed by atoms with van der Waals surface area (Å²) in [4.78, 5) is 12.3. The van der Waals surface area contributed by atoms with Crippen LogP contribution < -0.4 is 5.32 Å². The third kappa shape index (κ3) is 2.54. The zero-order chi connectivity index (χ0) is 13.9. The van der Waals surface area contributed by atoms with Gasteiger partial charge in [-0.1, -0.05) is 24.4 Å². The second-order valence-electron chi connectivity index (χ2n) is 4.66. The lowest BCUT2D eigenvalue weighted by molar-refractivity contribution is -0.122. The second kappa shape index (κ2) is 5.30. The highest BCUT2D eigenvalue weighted by atomic mass is 35.5. The maximum atomic E-state index is 12.3. The summed E-state index contributed by atoms with van der Waals surface area (Å²) in [5.74, 6) is -0.341. The molecule has 1 fully saturated rings. The Bertz CT molecular complexity index is 592. The highest BCUT2D eigenvalue weighted by molar-refractivity contribution is 6.31. The second-order valence-corrected chi connectivity index (χ2v) is 5.09. The van der Waals surface area contributed by atoms with E-state index in [-0.39, 0.29) is 5.91 Å². The van der Waals surface area contributed by atoms with Crippen molar-refractivity contribution in [1.29, 1.82) is 10.5 Å². The molecule has 0 heterocycles. The van der Waals surface area contributed by atoms with Crippen LogP contribution in [0.15, 0.2) is 18.2 Å². The maximum absolute atomic E-state index is 12.3. The van der Waals surface area contributed by atoms with Crippen LogP contribution in [0.1, 0.15) is 31.2 Å². The molecule has 1 aliphatic carbocycles. The van der Waals surface area contributed by atoms with Gasteiger partial charge < -0.3 is 5.32 Å². The Kier molecular flexibility index (Phi) is 3.74. The molecule has 4 nitrogen and oxygen atoms in total. The largest absolute Gasteiger partial charge is 0.323 e. The molecule has 96 valence electrons. The van der Waals surface area contributed by atoms with E-state index >= 15 is 0 Å². The molecule has 1 aromatic rings. The molecule has 0 spiro atoms. The Hall–Kier alpha value is -2.04. The molecule has 1 aliphatic rings. The summed E-state index contributed by atoms with van der Waals surface area (Å²) >= 11 is 5.86. The lowest BCUT2D eigenvalue weighted by Gasteiger charge is -2.19. The van der Waals surface area contributed by atoms with Crippen molar-refractivity contribution in [2.45, 2.75) is 25.7 Å². The molecule has 0 bridgehead atoms. The lowest BCUT2D eigenvalue weighted by atomic mass is 9.87. The molecular weight excluding hydrogens is 262 g/mol. The average molecular weight is 274 g/mol. The van der Waals surface area contributed by atoms with Crippen molar-refractivity contribution < 1.29 is 4.79 Å². The zero-order valence-corrected chi connectivity index (χ0v) is 11.0. The van der Waals surface area contributed by atoms with Gasteiger partial charge in [-0.25, -0.2) is 0 Å². The van der Waals surface area contributed by atoms with Gasteiger partial charge in [-0.2, -0.15) is 10.5 Å². The summed E-state index contributed by atoms with van der Waals surface area (Å²) in [5.41, 5.74) is -0.264. The molecule has 1 aromatic carbocycles. The van der Waals surface area contributed by atoms with Crippen LogP contribution in [-0.4, -0.2) is 5.91 Å². The molecule has 1 amide bonds. The first-order valence-electron chi connectivity index (χ1n) is 6.04. The highest BCUT2D eigenvalue weighted by Crippen LogP contribution is 2.38. The summed E-state index contributed by atoms with van der Waals surface area (Å²) in [6, 6.07) is 8.78. The van der Waals surface area contributed by atoms with Crippen LogP contribution in [0, 0.1) is 28.1 Å². The SMILES string of the molecule is N#Cc1ccc(Cl)cc1NC(=O)C1(C#N)CCCC1. The normalized spacial score (nSPS) is 16.4. The predicted octanol–water partition coefficient (Wildman–Crippen LogP) is 3.23. The molecular formula is C14H12ClN3O. The number of hydrogen-bond donors (Lipinski definition) is 1. The van der Waals surface area contributed by atoms with Gasteiger partial charge in [0.25, 0.3) is 0 Å². The van der Waals surface area contributed by atoms with Gasteiger partial charge in [0.05, 0.1) is 17.3 Å². The Morgan fingerprint density at radius 3 is 2.58 bits per heavy atom. The summed E-state index contributed by atoms with van der Waals surface area (Å²) in [5, 5.41) is 21.3. The van der Waals surface area contributed by atoms with E-state index in [2.05, 4.69) is 11.4 Å². The number of carbonyl (C=O) groups excluding carboxylic acids is 1. The average Bonchev–Trinajstić information content (AvgIpc) is 2.89. The number of hydrogen-bond acceptors (Lipinski definition) is 3. The monoisotopic (exact) mass is 273 g/mol. The van der Waals surface area contributed by atoms with E-state index in [9.17, 15) is 10.1 Å². The van der Waals surface area contributed by atoms with Gasteiger partial charge in [0, 0.05) is 5.02 Å². The molecule has 0 atom stereocenters. The third-order valence-electron chi connectivity index (χ3n) is 3.46. The van der Waals surface area contributed by atoms with Gasteiger partial charge in [-0.05, 0) is 31.0 Å². The van der Waals surface area contributed by atoms with Crippen molar-refractivity contribution in [3.63, 3.8) is 0 Å². The standard InChI is InChI=1S/C14H12ClN3O/c15-11-4-3-10(8-16)12(7-11)18-13(19)14(9-17)5-1-2-6-14/h3-4,7H,1-2,5-6H2,(H,18,19). The topological polar surface area (TPSA) is 76.7 Å². The summed E-state index contributed by atoms with van der Waals surface area (Å²) in [6.07, 6.45) is 2.89. The van der Waals surface area contributed by atoms with Gasteiger partial charge in [-0.3, -0.25) is 4.79 Å². The Morgan fingerprint density at radius 2 is 2.00 bits per heavy atom. The van der Waals surface area contributed by atoms with E-state index in [1.165, 1.54) is 6.07 Å². The van der Waals surface area contributed by atoms with Crippen LogP contribution in [-0.2, 0) is 4.79 Å². The van der Waals surface area contributed by atoms with Crippen LogP contribution in [0.5, 0.6) is 0 Å². The van der Waals surface area contributed by atoms with Crippen LogP contribution >= 0.6 is 11.6 Å². The number of anilines is 1. The number of rotatable bonds is 2. The van der Waals surface area contributed by atoms with Crippen molar-refractivity contribution in [2.75, 3.05) is 5.32 Å². The molecule has 0 unspecified atom stereocenters. The van der Waals surface area contributed by atoms with Crippen LogP contribution in [0.25, 0.3) is 0 Å². The number of halogens is 1. The van der Waals surface area contributed by atoms with Gasteiger partial charge in [0.1, 0.15) is 11.5 Å². The Balaban J connectivity index is 2.27. The molecule has 2 rings (SSSR count). The number of nitrogens with one attached hydrogen (secondary N) is 1. The van der Waals surface area contributed by atoms with Gasteiger partial charge in [-0.15, -0.1) is 0 Å². The van der Waals surface area contributed by atoms with Gasteiger partial charge in [0.15, 0.2) is 0 Å². The van der Waals surface area contributed by atoms with Crippen LogP contribution in [0.4, 0.5) is 5.69 Å². The van der Waals surface area contributed by atoms with Crippen molar-refractivity contribution >= 4 is 23.2 Å². The number of amides is 1. The van der Waals surface area contributed by atoms with E-state index in [0.717, 1.165) is 12.8 Å².